The standard InChI is InChI=1S/C15H26FN3O4S2/c1-5-15(6-2,10-17)19-25(22,23)12-7-8-14(13(16)9-12)18-24(20,21)11(3)4/h7-9,11,18-19H,5-6,10,17H2,1-4H3. The third kappa shape index (κ3) is 5.13. The lowest BCUT2D eigenvalue weighted by molar-refractivity contribution is 0.363. The fourth-order valence-corrected chi connectivity index (χ4v) is 4.36. The van der Waals surface area contributed by atoms with Gasteiger partial charge in [0.15, 0.2) is 0 Å². The Morgan fingerprint density at radius 3 is 2.12 bits per heavy atom. The minimum Gasteiger partial charge on any atom is -0.329 e. The molecule has 0 spiro atoms. The Bertz CT molecular complexity index is 796. The van der Waals surface area contributed by atoms with Crippen molar-refractivity contribution in [3.05, 3.63) is 24.0 Å². The lowest BCUT2D eigenvalue weighted by Crippen LogP contribution is -2.52. The van der Waals surface area contributed by atoms with Gasteiger partial charge in [0.1, 0.15) is 5.82 Å². The minimum atomic E-state index is -4.00. The summed E-state index contributed by atoms with van der Waals surface area (Å²) >= 11 is 0. The maximum Gasteiger partial charge on any atom is 0.241 e. The molecule has 0 saturated heterocycles. The van der Waals surface area contributed by atoms with Gasteiger partial charge in [-0.05, 0) is 44.9 Å². The highest BCUT2D eigenvalue weighted by Gasteiger charge is 2.31. The zero-order chi connectivity index (χ0) is 19.5. The van der Waals surface area contributed by atoms with E-state index in [1.54, 1.807) is 0 Å². The van der Waals surface area contributed by atoms with Crippen LogP contribution in [-0.2, 0) is 20.0 Å². The first-order valence-corrected chi connectivity index (χ1v) is 11.0. The van der Waals surface area contributed by atoms with Crippen molar-refractivity contribution in [1.82, 2.24) is 4.72 Å². The van der Waals surface area contributed by atoms with Crippen LogP contribution >= 0.6 is 0 Å². The van der Waals surface area contributed by atoms with Crippen LogP contribution in [0.3, 0.4) is 0 Å². The van der Waals surface area contributed by atoms with Gasteiger partial charge in [-0.1, -0.05) is 13.8 Å². The molecule has 4 N–H and O–H groups in total. The van der Waals surface area contributed by atoms with Crippen LogP contribution in [0.25, 0.3) is 0 Å². The number of rotatable bonds is 9. The molecule has 10 heteroatoms. The molecule has 0 fully saturated rings. The van der Waals surface area contributed by atoms with Crippen molar-refractivity contribution >= 4 is 25.7 Å². The largest absolute Gasteiger partial charge is 0.329 e. The zero-order valence-corrected chi connectivity index (χ0v) is 16.5. The average Bonchev–Trinajstić information content (AvgIpc) is 2.54. The molecular formula is C15H26FN3O4S2. The van der Waals surface area contributed by atoms with E-state index >= 15 is 0 Å². The summed E-state index contributed by atoms with van der Waals surface area (Å²) in [7, 11) is -7.74. The van der Waals surface area contributed by atoms with Crippen LogP contribution in [0.5, 0.6) is 0 Å². The highest BCUT2D eigenvalue weighted by Crippen LogP contribution is 2.23. The van der Waals surface area contributed by atoms with Gasteiger partial charge in [-0.2, -0.15) is 0 Å². The number of hydrogen-bond acceptors (Lipinski definition) is 5. The van der Waals surface area contributed by atoms with E-state index in [9.17, 15) is 21.2 Å². The summed E-state index contributed by atoms with van der Waals surface area (Å²) in [5, 5.41) is -0.753. The number of halogens is 1. The van der Waals surface area contributed by atoms with Gasteiger partial charge in [0, 0.05) is 12.1 Å². The number of sulfonamides is 2. The summed E-state index contributed by atoms with van der Waals surface area (Å²) in [4.78, 5) is -0.294. The Morgan fingerprint density at radius 2 is 1.72 bits per heavy atom. The minimum absolute atomic E-state index is 0.105. The van der Waals surface area contributed by atoms with E-state index in [4.69, 9.17) is 5.73 Å². The molecule has 0 heterocycles. The molecule has 0 radical (unpaired) electrons. The Kier molecular flexibility index (Phi) is 6.96. The first-order valence-electron chi connectivity index (χ1n) is 7.98. The van der Waals surface area contributed by atoms with E-state index in [2.05, 4.69) is 9.44 Å². The zero-order valence-electron chi connectivity index (χ0n) is 14.8. The van der Waals surface area contributed by atoms with Crippen LogP contribution < -0.4 is 15.2 Å². The summed E-state index contributed by atoms with van der Waals surface area (Å²) in [6, 6.07) is 3.02. The van der Waals surface area contributed by atoms with E-state index in [1.807, 2.05) is 13.8 Å². The molecule has 0 amide bonds. The molecule has 0 aliphatic rings. The molecule has 0 aliphatic carbocycles. The molecule has 144 valence electrons. The van der Waals surface area contributed by atoms with Gasteiger partial charge in [0.05, 0.1) is 15.8 Å². The SMILES string of the molecule is CCC(CC)(CN)NS(=O)(=O)c1ccc(NS(=O)(=O)C(C)C)c(F)c1. The second-order valence-electron chi connectivity index (χ2n) is 6.13. The smallest absolute Gasteiger partial charge is 0.241 e. The molecule has 0 bridgehead atoms. The van der Waals surface area contributed by atoms with Gasteiger partial charge >= 0.3 is 0 Å². The van der Waals surface area contributed by atoms with Crippen LogP contribution in [0.4, 0.5) is 10.1 Å². The maximum absolute atomic E-state index is 14.2. The molecule has 1 aromatic carbocycles. The fraction of sp³-hybridized carbons (Fsp3) is 0.600. The van der Waals surface area contributed by atoms with E-state index in [1.165, 1.54) is 13.8 Å². The van der Waals surface area contributed by atoms with E-state index in [0.717, 1.165) is 18.2 Å². The molecule has 0 aliphatic heterocycles. The number of anilines is 1. The van der Waals surface area contributed by atoms with Crippen molar-refractivity contribution in [2.24, 2.45) is 5.73 Å². The Labute approximate surface area is 149 Å². The molecule has 7 nitrogen and oxygen atoms in total. The number of hydrogen-bond donors (Lipinski definition) is 3. The van der Waals surface area contributed by atoms with Gasteiger partial charge < -0.3 is 5.73 Å². The third-order valence-electron chi connectivity index (χ3n) is 4.22. The van der Waals surface area contributed by atoms with Crippen molar-refractivity contribution in [1.29, 1.82) is 0 Å². The topological polar surface area (TPSA) is 118 Å². The molecule has 0 aromatic heterocycles. The molecular weight excluding hydrogens is 369 g/mol. The Hall–Kier alpha value is -1.23. The fourth-order valence-electron chi connectivity index (χ4n) is 2.09. The van der Waals surface area contributed by atoms with Gasteiger partial charge in [0.25, 0.3) is 0 Å². The van der Waals surface area contributed by atoms with E-state index < -0.39 is 36.7 Å². The molecule has 25 heavy (non-hydrogen) atoms. The highest BCUT2D eigenvalue weighted by molar-refractivity contribution is 7.93. The molecule has 0 saturated carbocycles. The van der Waals surface area contributed by atoms with Gasteiger partial charge in [0.2, 0.25) is 20.0 Å². The van der Waals surface area contributed by atoms with Gasteiger partial charge in [-0.15, -0.1) is 0 Å². The lowest BCUT2D eigenvalue weighted by Gasteiger charge is -2.31. The predicted octanol–water partition coefficient (Wildman–Crippen LogP) is 1.77. The predicted molar refractivity (Wildman–Crippen MR) is 96.8 cm³/mol. The monoisotopic (exact) mass is 395 g/mol. The quantitative estimate of drug-likeness (QED) is 0.589. The normalized spacial score (nSPS) is 13.2. The number of benzene rings is 1. The van der Waals surface area contributed by atoms with Crippen molar-refractivity contribution in [3.63, 3.8) is 0 Å². The summed E-state index contributed by atoms with van der Waals surface area (Å²) < 4.78 is 67.5. The van der Waals surface area contributed by atoms with Crippen LogP contribution in [-0.4, -0.2) is 34.2 Å². The van der Waals surface area contributed by atoms with Crippen LogP contribution in [0, 0.1) is 5.82 Å². The van der Waals surface area contributed by atoms with Crippen molar-refractivity contribution in [2.75, 3.05) is 11.3 Å². The molecule has 0 unspecified atom stereocenters. The van der Waals surface area contributed by atoms with Crippen molar-refractivity contribution in [3.8, 4) is 0 Å². The summed E-state index contributed by atoms with van der Waals surface area (Å²) in [6.45, 7) is 6.62. The average molecular weight is 396 g/mol. The van der Waals surface area contributed by atoms with Crippen molar-refractivity contribution < 1.29 is 21.2 Å². The molecule has 0 atom stereocenters. The van der Waals surface area contributed by atoms with Crippen LogP contribution in [0.2, 0.25) is 0 Å². The molecule has 1 rings (SSSR count). The third-order valence-corrected chi connectivity index (χ3v) is 7.54. The Morgan fingerprint density at radius 1 is 1.16 bits per heavy atom. The number of nitrogens with one attached hydrogen (secondary N) is 2. The van der Waals surface area contributed by atoms with E-state index in [0.29, 0.717) is 12.8 Å². The van der Waals surface area contributed by atoms with Gasteiger partial charge in [-0.3, -0.25) is 4.72 Å². The lowest BCUT2D eigenvalue weighted by atomic mass is 9.95. The maximum atomic E-state index is 14.2. The van der Waals surface area contributed by atoms with Gasteiger partial charge in [-0.25, -0.2) is 25.9 Å². The second kappa shape index (κ2) is 7.98. The summed E-state index contributed by atoms with van der Waals surface area (Å²) in [6.07, 6.45) is 0.960. The first kappa shape index (κ1) is 21.8. The summed E-state index contributed by atoms with van der Waals surface area (Å²) in [5.41, 5.74) is 4.57. The second-order valence-corrected chi connectivity index (χ2v) is 10.1. The summed E-state index contributed by atoms with van der Waals surface area (Å²) in [5.74, 6) is -0.974. The first-order chi connectivity index (χ1) is 11.4. The van der Waals surface area contributed by atoms with Crippen LogP contribution in [0.15, 0.2) is 23.1 Å². The molecule has 1 aromatic rings. The van der Waals surface area contributed by atoms with Crippen LogP contribution in [0.1, 0.15) is 40.5 Å². The number of nitrogens with two attached hydrogens (primary N) is 1. The van der Waals surface area contributed by atoms with Crippen molar-refractivity contribution in [2.45, 2.75) is 56.2 Å². The highest BCUT2D eigenvalue weighted by atomic mass is 32.2. The Balaban J connectivity index is 3.18. The van der Waals surface area contributed by atoms with E-state index in [-0.39, 0.29) is 17.1 Å².